The van der Waals surface area contributed by atoms with Gasteiger partial charge in [-0.05, 0) is 49.7 Å². The number of amides is 1. The Balaban J connectivity index is 0.000000207. The number of primary amides is 1. The lowest BCUT2D eigenvalue weighted by Crippen LogP contribution is -2.10. The molecule has 4 aromatic rings. The third kappa shape index (κ3) is 5.02. The van der Waals surface area contributed by atoms with Crippen molar-refractivity contribution in [2.24, 2.45) is 5.73 Å². The fourth-order valence-electron chi connectivity index (χ4n) is 3.65. The van der Waals surface area contributed by atoms with E-state index in [4.69, 9.17) is 21.5 Å². The predicted octanol–water partition coefficient (Wildman–Crippen LogP) is 4.67. The van der Waals surface area contributed by atoms with Gasteiger partial charge in [0.25, 0.3) is 0 Å². The zero-order chi connectivity index (χ0) is 23.3. The first-order valence-electron chi connectivity index (χ1n) is 10.0. The van der Waals surface area contributed by atoms with Gasteiger partial charge in [-0.25, -0.2) is 0 Å². The van der Waals surface area contributed by atoms with Crippen LogP contribution < -0.4 is 5.73 Å². The molecule has 0 aliphatic rings. The van der Waals surface area contributed by atoms with Gasteiger partial charge in [-0.3, -0.25) is 4.79 Å². The van der Waals surface area contributed by atoms with Crippen LogP contribution in [0.5, 0.6) is 5.75 Å². The predicted molar refractivity (Wildman–Crippen MR) is 126 cm³/mol. The van der Waals surface area contributed by atoms with E-state index in [0.717, 1.165) is 17.5 Å². The Morgan fingerprint density at radius 2 is 1.84 bits per heavy atom. The summed E-state index contributed by atoms with van der Waals surface area (Å²) in [6.07, 6.45) is 3.53. The second-order valence-electron chi connectivity index (χ2n) is 7.57. The summed E-state index contributed by atoms with van der Waals surface area (Å²) in [5.74, 6) is -0.769. The Morgan fingerprint density at radius 3 is 2.47 bits per heavy atom. The molecule has 160 valence electrons. The Labute approximate surface area is 186 Å². The van der Waals surface area contributed by atoms with Crippen LogP contribution in [-0.4, -0.2) is 21.8 Å². The number of carbonyl (C=O) groups is 1. The van der Waals surface area contributed by atoms with Crippen molar-refractivity contribution >= 4 is 23.0 Å². The molecule has 0 fully saturated rings. The van der Waals surface area contributed by atoms with Gasteiger partial charge in [0.1, 0.15) is 11.8 Å². The number of benzene rings is 3. The average Bonchev–Trinajstić information content (AvgIpc) is 3.16. The number of nitriles is 1. The average molecular weight is 425 g/mol. The number of fused-ring (bicyclic) bond motifs is 1. The van der Waals surface area contributed by atoms with Crippen molar-refractivity contribution in [2.75, 3.05) is 0 Å². The zero-order valence-electron chi connectivity index (χ0n) is 18.0. The largest absolute Gasteiger partial charge is 0.507 e. The van der Waals surface area contributed by atoms with E-state index in [1.54, 1.807) is 6.07 Å². The molecule has 3 aromatic carbocycles. The summed E-state index contributed by atoms with van der Waals surface area (Å²) < 4.78 is 2.25. The Morgan fingerprint density at radius 1 is 1.12 bits per heavy atom. The number of aromatic hydroxyl groups is 1. The van der Waals surface area contributed by atoms with E-state index in [9.17, 15) is 4.79 Å². The van der Waals surface area contributed by atoms with Gasteiger partial charge in [0, 0.05) is 41.0 Å². The van der Waals surface area contributed by atoms with Crippen LogP contribution in [0.3, 0.4) is 0 Å². The van der Waals surface area contributed by atoms with Crippen molar-refractivity contribution in [2.45, 2.75) is 20.4 Å². The molecule has 0 saturated carbocycles. The van der Waals surface area contributed by atoms with Gasteiger partial charge < -0.3 is 20.8 Å². The number of rotatable bonds is 4. The smallest absolute Gasteiger partial charge is 0.248 e. The Hall–Kier alpha value is -4.37. The number of nitrogens with one attached hydrogen (secondary N) is 1. The molecule has 6 nitrogen and oxygen atoms in total. The number of nitrogens with two attached hydrogens (primary N) is 1. The molecule has 1 heterocycles. The van der Waals surface area contributed by atoms with Crippen molar-refractivity contribution in [3.05, 3.63) is 100 Å². The van der Waals surface area contributed by atoms with Crippen LogP contribution in [-0.2, 0) is 6.54 Å². The van der Waals surface area contributed by atoms with Crippen LogP contribution in [0.2, 0.25) is 0 Å². The van der Waals surface area contributed by atoms with E-state index in [-0.39, 0.29) is 16.9 Å². The summed E-state index contributed by atoms with van der Waals surface area (Å²) in [6.45, 7) is 5.14. The highest BCUT2D eigenvalue weighted by Gasteiger charge is 2.06. The Bertz CT molecular complexity index is 1330. The highest BCUT2D eigenvalue weighted by atomic mass is 16.3. The maximum atomic E-state index is 10.6. The van der Waals surface area contributed by atoms with Crippen LogP contribution in [0.15, 0.2) is 66.9 Å². The van der Waals surface area contributed by atoms with Crippen molar-refractivity contribution < 1.29 is 9.90 Å². The molecule has 0 bridgehead atoms. The molecule has 0 aliphatic heterocycles. The van der Waals surface area contributed by atoms with E-state index in [2.05, 4.69) is 54.9 Å². The minimum atomic E-state index is -0.619. The first kappa shape index (κ1) is 22.3. The van der Waals surface area contributed by atoms with Crippen molar-refractivity contribution in [1.29, 1.82) is 10.7 Å². The Kier molecular flexibility index (Phi) is 6.71. The minimum Gasteiger partial charge on any atom is -0.507 e. The lowest BCUT2D eigenvalue weighted by molar-refractivity contribution is 0.1000. The quantitative estimate of drug-likeness (QED) is 0.413. The fourth-order valence-corrected chi connectivity index (χ4v) is 3.65. The van der Waals surface area contributed by atoms with Gasteiger partial charge in [-0.1, -0.05) is 41.5 Å². The van der Waals surface area contributed by atoms with Gasteiger partial charge in [0.15, 0.2) is 0 Å². The first-order chi connectivity index (χ1) is 15.3. The van der Waals surface area contributed by atoms with Crippen LogP contribution in [0.4, 0.5) is 0 Å². The molecule has 32 heavy (non-hydrogen) atoms. The van der Waals surface area contributed by atoms with Gasteiger partial charge >= 0.3 is 0 Å². The zero-order valence-corrected chi connectivity index (χ0v) is 18.0. The summed E-state index contributed by atoms with van der Waals surface area (Å²) in [7, 11) is 0. The molecule has 0 spiro atoms. The highest BCUT2D eigenvalue weighted by molar-refractivity contribution is 5.98. The molecule has 0 aliphatic carbocycles. The third-order valence-electron chi connectivity index (χ3n) is 5.04. The van der Waals surface area contributed by atoms with Crippen LogP contribution in [0.1, 0.15) is 38.2 Å². The van der Waals surface area contributed by atoms with E-state index in [1.165, 1.54) is 46.6 Å². The summed E-state index contributed by atoms with van der Waals surface area (Å²) in [4.78, 5) is 10.6. The van der Waals surface area contributed by atoms with Crippen LogP contribution in [0.25, 0.3) is 10.9 Å². The normalized spacial score (nSPS) is 10.2. The lowest BCUT2D eigenvalue weighted by Gasteiger charge is -2.08. The molecule has 6 heteroatoms. The number of carbonyl (C=O) groups excluding carboxylic acids is 1. The van der Waals surface area contributed by atoms with Gasteiger partial charge in [0.2, 0.25) is 5.91 Å². The molecule has 4 N–H and O–H groups in total. The molecule has 0 saturated heterocycles. The molecular weight excluding hydrogens is 400 g/mol. The van der Waals surface area contributed by atoms with Gasteiger partial charge in [-0.2, -0.15) is 5.26 Å². The number of hydrogen-bond acceptors (Lipinski definition) is 4. The number of phenolic OH excluding ortho intramolecular Hbond substituents is 1. The summed E-state index contributed by atoms with van der Waals surface area (Å²) in [6, 6.07) is 20.5. The van der Waals surface area contributed by atoms with Crippen LogP contribution in [0, 0.1) is 30.6 Å². The summed E-state index contributed by atoms with van der Waals surface area (Å²) in [5.41, 5.74) is 11.3. The second-order valence-corrected chi connectivity index (χ2v) is 7.57. The topological polar surface area (TPSA) is 116 Å². The third-order valence-corrected chi connectivity index (χ3v) is 5.04. The molecule has 1 aromatic heterocycles. The maximum Gasteiger partial charge on any atom is 0.248 e. The number of phenols is 1. The molecule has 1 amide bonds. The minimum absolute atomic E-state index is 0.0475. The summed E-state index contributed by atoms with van der Waals surface area (Å²) in [5, 5.41) is 26.1. The van der Waals surface area contributed by atoms with E-state index in [1.807, 2.05) is 12.1 Å². The lowest BCUT2D eigenvalue weighted by atomic mass is 10.1. The maximum absolute atomic E-state index is 10.6. The first-order valence-corrected chi connectivity index (χ1v) is 10.0. The summed E-state index contributed by atoms with van der Waals surface area (Å²) >= 11 is 0. The molecule has 0 atom stereocenters. The van der Waals surface area contributed by atoms with Gasteiger partial charge in [0.05, 0.1) is 5.56 Å². The number of hydrogen-bond donors (Lipinski definition) is 3. The van der Waals surface area contributed by atoms with Crippen molar-refractivity contribution in [1.82, 2.24) is 4.57 Å². The van der Waals surface area contributed by atoms with E-state index >= 15 is 0 Å². The molecule has 0 radical (unpaired) electrons. The number of aromatic nitrogens is 1. The van der Waals surface area contributed by atoms with Crippen molar-refractivity contribution in [3.63, 3.8) is 0 Å². The molecular formula is C26H24N4O2. The van der Waals surface area contributed by atoms with E-state index < -0.39 is 5.91 Å². The molecule has 4 rings (SSSR count). The fraction of sp³-hybridized carbons (Fsp3) is 0.115. The highest BCUT2D eigenvalue weighted by Crippen LogP contribution is 2.21. The van der Waals surface area contributed by atoms with Gasteiger partial charge in [-0.15, -0.1) is 0 Å². The SMILES string of the molecule is Cc1cc(C)cc(Cn2ccc3c(C=N)cccc32)c1.N#Cc1cc(C(N)=O)ccc1O. The van der Waals surface area contributed by atoms with E-state index in [0.29, 0.717) is 0 Å². The van der Waals surface area contributed by atoms with Crippen molar-refractivity contribution in [3.8, 4) is 11.8 Å². The number of aryl methyl sites for hydroxylation is 2. The molecule has 0 unspecified atom stereocenters. The standard InChI is InChI=1S/C18H18N2.C8H6N2O2/c1-13-8-14(2)10-15(9-13)12-20-7-6-17-16(11-19)4-3-5-18(17)20;9-4-6-3-5(8(10)12)1-2-7(6)11/h3-11,19H,12H2,1-2H3;1-3,11H,(H2,10,12). The number of nitrogens with zero attached hydrogens (tertiary/aromatic N) is 2. The monoisotopic (exact) mass is 424 g/mol. The van der Waals surface area contributed by atoms with Crippen LogP contribution >= 0.6 is 0 Å². The second kappa shape index (κ2) is 9.63.